The zero-order valence-electron chi connectivity index (χ0n) is 12.5. The highest BCUT2D eigenvalue weighted by molar-refractivity contribution is 6.70. The van der Waals surface area contributed by atoms with Crippen LogP contribution in [-0.2, 0) is 16.1 Å². The molecule has 3 rings (SSSR count). The van der Waals surface area contributed by atoms with Crippen molar-refractivity contribution in [1.29, 1.82) is 5.26 Å². The Kier molecular flexibility index (Phi) is 4.59. The third-order valence-corrected chi connectivity index (χ3v) is 3.64. The minimum atomic E-state index is -0.753. The molecular formula is C18H12ClN3O2. The van der Waals surface area contributed by atoms with Crippen LogP contribution in [0.25, 0.3) is 0 Å². The Bertz CT molecular complexity index is 883. The molecule has 2 aromatic carbocycles. The van der Waals surface area contributed by atoms with E-state index in [4.69, 9.17) is 16.3 Å². The standard InChI is InChI=1S/C18H12ClN3O2/c19-17-16(21-14-8-4-5-9-15(14)22-17)13(10-20)18(23)24-11-12-6-2-1-3-7-12/h1-9,21H,11H2/b16-13-. The van der Waals surface area contributed by atoms with Crippen LogP contribution in [0, 0.1) is 11.3 Å². The number of rotatable bonds is 3. The molecule has 1 aliphatic rings. The lowest BCUT2D eigenvalue weighted by Gasteiger charge is -2.18. The summed E-state index contributed by atoms with van der Waals surface area (Å²) in [6.45, 7) is 0.0729. The average Bonchev–Trinajstić information content (AvgIpc) is 2.62. The van der Waals surface area contributed by atoms with E-state index >= 15 is 0 Å². The molecule has 6 heteroatoms. The van der Waals surface area contributed by atoms with Crippen LogP contribution >= 0.6 is 11.6 Å². The summed E-state index contributed by atoms with van der Waals surface area (Å²) >= 11 is 6.12. The van der Waals surface area contributed by atoms with E-state index in [0.717, 1.165) is 5.56 Å². The van der Waals surface area contributed by atoms with Crippen molar-refractivity contribution in [2.75, 3.05) is 5.32 Å². The van der Waals surface area contributed by atoms with Gasteiger partial charge in [0.15, 0.2) is 10.7 Å². The van der Waals surface area contributed by atoms with Gasteiger partial charge in [-0.1, -0.05) is 54.1 Å². The highest BCUT2D eigenvalue weighted by atomic mass is 35.5. The number of nitrogens with zero attached hydrogens (tertiary/aromatic N) is 2. The number of aliphatic imine (C=N–C) groups is 1. The molecule has 0 aromatic heterocycles. The monoisotopic (exact) mass is 337 g/mol. The van der Waals surface area contributed by atoms with Crippen LogP contribution in [0.15, 0.2) is 70.9 Å². The molecule has 0 spiro atoms. The largest absolute Gasteiger partial charge is 0.457 e. The van der Waals surface area contributed by atoms with Gasteiger partial charge in [0, 0.05) is 0 Å². The first-order valence-corrected chi connectivity index (χ1v) is 7.53. The first-order valence-electron chi connectivity index (χ1n) is 7.15. The molecule has 0 saturated carbocycles. The number of hydrogen-bond acceptors (Lipinski definition) is 5. The van der Waals surface area contributed by atoms with Crippen LogP contribution in [-0.4, -0.2) is 11.1 Å². The predicted molar refractivity (Wildman–Crippen MR) is 91.9 cm³/mol. The van der Waals surface area contributed by atoms with E-state index in [1.165, 1.54) is 0 Å². The number of fused-ring (bicyclic) bond motifs is 1. The van der Waals surface area contributed by atoms with E-state index in [9.17, 15) is 10.1 Å². The van der Waals surface area contributed by atoms with Crippen molar-refractivity contribution >= 4 is 34.1 Å². The van der Waals surface area contributed by atoms with Crippen LogP contribution in [0.3, 0.4) is 0 Å². The molecule has 0 aliphatic carbocycles. The fraction of sp³-hybridized carbons (Fsp3) is 0.0556. The predicted octanol–water partition coefficient (Wildman–Crippen LogP) is 3.90. The van der Waals surface area contributed by atoms with Gasteiger partial charge in [-0.15, -0.1) is 0 Å². The number of anilines is 1. The van der Waals surface area contributed by atoms with Crippen LogP contribution in [0.5, 0.6) is 0 Å². The zero-order valence-corrected chi connectivity index (χ0v) is 13.2. The van der Waals surface area contributed by atoms with Gasteiger partial charge in [0.2, 0.25) is 0 Å². The Morgan fingerprint density at radius 1 is 1.17 bits per heavy atom. The van der Waals surface area contributed by atoms with E-state index in [2.05, 4.69) is 10.3 Å². The number of carbonyl (C=O) groups excluding carboxylic acids is 1. The van der Waals surface area contributed by atoms with Gasteiger partial charge in [0.25, 0.3) is 0 Å². The van der Waals surface area contributed by atoms with Crippen molar-refractivity contribution in [3.8, 4) is 6.07 Å². The van der Waals surface area contributed by atoms with E-state index in [1.54, 1.807) is 12.1 Å². The molecule has 0 radical (unpaired) electrons. The molecule has 0 unspecified atom stereocenters. The summed E-state index contributed by atoms with van der Waals surface area (Å²) in [6, 6.07) is 18.3. The summed E-state index contributed by atoms with van der Waals surface area (Å²) in [5.41, 5.74) is 2.07. The summed E-state index contributed by atoms with van der Waals surface area (Å²) in [7, 11) is 0. The molecule has 2 aromatic rings. The first kappa shape index (κ1) is 15.8. The smallest absolute Gasteiger partial charge is 0.351 e. The highest BCUT2D eigenvalue weighted by Crippen LogP contribution is 2.32. The summed E-state index contributed by atoms with van der Waals surface area (Å²) in [5, 5.41) is 12.4. The Labute approximate surface area is 143 Å². The number of nitrogens with one attached hydrogen (secondary N) is 1. The topological polar surface area (TPSA) is 74.5 Å². The number of allylic oxidation sites excluding steroid dienone is 1. The van der Waals surface area contributed by atoms with Gasteiger partial charge in [-0.25, -0.2) is 9.79 Å². The molecule has 0 fully saturated rings. The highest BCUT2D eigenvalue weighted by Gasteiger charge is 2.24. The van der Waals surface area contributed by atoms with Gasteiger partial charge in [0.1, 0.15) is 18.4 Å². The SMILES string of the molecule is N#C/C(C(=O)OCc1ccccc1)=C1/Nc2ccccc2N=C1Cl. The molecule has 1 N–H and O–H groups in total. The third kappa shape index (κ3) is 3.29. The number of ether oxygens (including phenoxy) is 1. The molecular weight excluding hydrogens is 326 g/mol. The number of hydrogen-bond donors (Lipinski definition) is 1. The van der Waals surface area contributed by atoms with Gasteiger partial charge in [0.05, 0.1) is 11.4 Å². The first-order chi connectivity index (χ1) is 11.7. The van der Waals surface area contributed by atoms with Crippen LogP contribution < -0.4 is 5.32 Å². The van der Waals surface area contributed by atoms with E-state index in [0.29, 0.717) is 11.4 Å². The molecule has 0 saturated heterocycles. The lowest BCUT2D eigenvalue weighted by atomic mass is 10.1. The number of para-hydroxylation sites is 2. The summed E-state index contributed by atoms with van der Waals surface area (Å²) in [5.74, 6) is -0.753. The number of benzene rings is 2. The fourth-order valence-corrected chi connectivity index (χ4v) is 2.42. The van der Waals surface area contributed by atoms with Gasteiger partial charge in [-0.3, -0.25) is 0 Å². The number of carbonyl (C=O) groups is 1. The minimum absolute atomic E-state index is 0.0434. The van der Waals surface area contributed by atoms with Gasteiger partial charge in [-0.2, -0.15) is 5.26 Å². The van der Waals surface area contributed by atoms with Crippen molar-refractivity contribution < 1.29 is 9.53 Å². The van der Waals surface area contributed by atoms with Crippen molar-refractivity contribution in [3.63, 3.8) is 0 Å². The summed E-state index contributed by atoms with van der Waals surface area (Å²) in [6.07, 6.45) is 0. The number of nitriles is 1. The Hall–Kier alpha value is -3.10. The van der Waals surface area contributed by atoms with Gasteiger partial charge >= 0.3 is 5.97 Å². The Morgan fingerprint density at radius 3 is 2.62 bits per heavy atom. The molecule has 5 nitrogen and oxygen atoms in total. The third-order valence-electron chi connectivity index (χ3n) is 3.37. The zero-order chi connectivity index (χ0) is 16.9. The summed E-state index contributed by atoms with van der Waals surface area (Å²) < 4.78 is 5.20. The molecule has 1 heterocycles. The molecule has 0 amide bonds. The Morgan fingerprint density at radius 2 is 1.88 bits per heavy atom. The second-order valence-corrected chi connectivity index (χ2v) is 5.33. The lowest BCUT2D eigenvalue weighted by molar-refractivity contribution is -0.139. The van der Waals surface area contributed by atoms with Crippen molar-refractivity contribution in [2.24, 2.45) is 4.99 Å². The van der Waals surface area contributed by atoms with E-state index in [-0.39, 0.29) is 23.0 Å². The number of halogens is 1. The molecule has 0 atom stereocenters. The lowest BCUT2D eigenvalue weighted by Crippen LogP contribution is -2.18. The molecule has 1 aliphatic heterocycles. The number of esters is 1. The van der Waals surface area contributed by atoms with Crippen LogP contribution in [0.2, 0.25) is 0 Å². The second kappa shape index (κ2) is 6.99. The molecule has 0 bridgehead atoms. The normalized spacial score (nSPS) is 14.6. The quantitative estimate of drug-likeness (QED) is 0.523. The molecule has 24 heavy (non-hydrogen) atoms. The maximum absolute atomic E-state index is 12.2. The maximum Gasteiger partial charge on any atom is 0.351 e. The van der Waals surface area contributed by atoms with Crippen molar-refractivity contribution in [1.82, 2.24) is 0 Å². The second-order valence-electron chi connectivity index (χ2n) is 4.97. The average molecular weight is 338 g/mol. The van der Waals surface area contributed by atoms with E-state index in [1.807, 2.05) is 48.5 Å². The van der Waals surface area contributed by atoms with Gasteiger partial charge < -0.3 is 10.1 Å². The van der Waals surface area contributed by atoms with Crippen LogP contribution in [0.1, 0.15) is 5.56 Å². The Balaban J connectivity index is 1.84. The minimum Gasteiger partial charge on any atom is -0.457 e. The van der Waals surface area contributed by atoms with Crippen molar-refractivity contribution in [2.45, 2.75) is 6.61 Å². The molecule has 118 valence electrons. The van der Waals surface area contributed by atoms with Crippen molar-refractivity contribution in [3.05, 3.63) is 71.4 Å². The van der Waals surface area contributed by atoms with Crippen LogP contribution in [0.4, 0.5) is 11.4 Å². The fourth-order valence-electron chi connectivity index (χ4n) is 2.19. The summed E-state index contributed by atoms with van der Waals surface area (Å²) in [4.78, 5) is 16.4. The van der Waals surface area contributed by atoms with E-state index < -0.39 is 5.97 Å². The maximum atomic E-state index is 12.2. The van der Waals surface area contributed by atoms with Gasteiger partial charge in [-0.05, 0) is 17.7 Å².